The van der Waals surface area contributed by atoms with Crippen LogP contribution < -0.4 is 5.32 Å². The van der Waals surface area contributed by atoms with Crippen LogP contribution in [0.25, 0.3) is 0 Å². The van der Waals surface area contributed by atoms with Gasteiger partial charge in [0, 0.05) is 17.8 Å². The van der Waals surface area contributed by atoms with Crippen LogP contribution in [0.5, 0.6) is 0 Å². The molecule has 1 atom stereocenters. The van der Waals surface area contributed by atoms with Gasteiger partial charge in [0.25, 0.3) is 5.69 Å². The van der Waals surface area contributed by atoms with Crippen LogP contribution in [0.2, 0.25) is 0 Å². The van der Waals surface area contributed by atoms with E-state index < -0.39 is 10.9 Å². The van der Waals surface area contributed by atoms with Crippen molar-refractivity contribution in [2.75, 3.05) is 11.1 Å². The average Bonchev–Trinajstić information content (AvgIpc) is 2.52. The molecule has 2 rings (SSSR count). The van der Waals surface area contributed by atoms with E-state index in [-0.39, 0.29) is 16.8 Å². The fraction of sp³-hybridized carbons (Fsp3) is 0.133. The molecule has 0 aromatic heterocycles. The highest BCUT2D eigenvalue weighted by atomic mass is 32.2. The van der Waals surface area contributed by atoms with Gasteiger partial charge < -0.3 is 10.4 Å². The number of rotatable bonds is 7. The smallest absolute Gasteiger partial charge is 0.313 e. The number of anilines is 1. The molecule has 0 heterocycles. The van der Waals surface area contributed by atoms with Gasteiger partial charge >= 0.3 is 5.97 Å². The highest BCUT2D eigenvalue weighted by molar-refractivity contribution is 8.00. The number of nitrogens with one attached hydrogen (secondary N) is 1. The quantitative estimate of drug-likeness (QED) is 0.461. The zero-order chi connectivity index (χ0) is 15.9. The molecule has 6 nitrogen and oxygen atoms in total. The number of benzene rings is 2. The van der Waals surface area contributed by atoms with Crippen molar-refractivity contribution in [2.24, 2.45) is 0 Å². The second-order valence-electron chi connectivity index (χ2n) is 4.44. The number of carbonyl (C=O) groups is 1. The van der Waals surface area contributed by atoms with E-state index in [1.54, 1.807) is 12.1 Å². The van der Waals surface area contributed by atoms with Gasteiger partial charge in [0.15, 0.2) is 0 Å². The van der Waals surface area contributed by atoms with Crippen molar-refractivity contribution in [3.63, 3.8) is 0 Å². The Morgan fingerprint density at radius 1 is 1.18 bits per heavy atom. The number of nitro groups is 1. The normalized spacial score (nSPS) is 11.6. The van der Waals surface area contributed by atoms with Crippen molar-refractivity contribution in [3.8, 4) is 0 Å². The molecule has 0 bridgehead atoms. The highest BCUT2D eigenvalue weighted by Gasteiger charge is 2.14. The lowest BCUT2D eigenvalue weighted by Gasteiger charge is -2.19. The fourth-order valence-electron chi connectivity index (χ4n) is 1.83. The standard InChI is InChI=1S/C15H14N2O4S/c18-14(19)10-22-15(11-4-2-1-3-5-11)16-12-6-8-13(9-7-12)17(20)21/h1-9,15-16H,10H2,(H,18,19). The monoisotopic (exact) mass is 318 g/mol. The lowest BCUT2D eigenvalue weighted by Crippen LogP contribution is -2.10. The molecule has 1 unspecified atom stereocenters. The number of carboxylic acids is 1. The van der Waals surface area contributed by atoms with Gasteiger partial charge in [-0.25, -0.2) is 0 Å². The molecule has 0 spiro atoms. The summed E-state index contributed by atoms with van der Waals surface area (Å²) in [6.45, 7) is 0. The maximum atomic E-state index is 10.8. The Labute approximate surface area is 131 Å². The molecule has 0 saturated carbocycles. The van der Waals surface area contributed by atoms with E-state index in [4.69, 9.17) is 5.11 Å². The fourth-order valence-corrected chi connectivity index (χ4v) is 2.71. The highest BCUT2D eigenvalue weighted by Crippen LogP contribution is 2.30. The van der Waals surface area contributed by atoms with Crippen LogP contribution in [-0.4, -0.2) is 21.8 Å². The third-order valence-corrected chi connectivity index (χ3v) is 3.99. The van der Waals surface area contributed by atoms with E-state index >= 15 is 0 Å². The molecule has 0 fully saturated rings. The molecule has 0 aliphatic heterocycles. The van der Waals surface area contributed by atoms with Crippen molar-refractivity contribution in [1.82, 2.24) is 0 Å². The van der Waals surface area contributed by atoms with E-state index in [9.17, 15) is 14.9 Å². The summed E-state index contributed by atoms with van der Waals surface area (Å²) in [6, 6.07) is 15.5. The largest absolute Gasteiger partial charge is 0.481 e. The zero-order valence-corrected chi connectivity index (χ0v) is 12.3. The maximum absolute atomic E-state index is 10.8. The third kappa shape index (κ3) is 4.49. The van der Waals surface area contributed by atoms with Crippen LogP contribution in [0.15, 0.2) is 54.6 Å². The molecular formula is C15H14N2O4S. The zero-order valence-electron chi connectivity index (χ0n) is 11.5. The van der Waals surface area contributed by atoms with E-state index in [1.165, 1.54) is 23.9 Å². The number of nitrogens with zero attached hydrogens (tertiary/aromatic N) is 1. The molecule has 114 valence electrons. The molecule has 0 radical (unpaired) electrons. The Balaban J connectivity index is 2.15. The summed E-state index contributed by atoms with van der Waals surface area (Å²) in [5.74, 6) is -0.934. The van der Waals surface area contributed by atoms with Gasteiger partial charge in [-0.05, 0) is 17.7 Å². The number of aliphatic carboxylic acids is 1. The van der Waals surface area contributed by atoms with Gasteiger partial charge in [0.2, 0.25) is 0 Å². The second kappa shape index (κ2) is 7.46. The molecular weight excluding hydrogens is 304 g/mol. The molecule has 0 saturated heterocycles. The topological polar surface area (TPSA) is 92.5 Å². The van der Waals surface area contributed by atoms with Crippen LogP contribution in [0.3, 0.4) is 0 Å². The molecule has 0 amide bonds. The summed E-state index contributed by atoms with van der Waals surface area (Å²) in [6.07, 6.45) is 0. The van der Waals surface area contributed by atoms with Crippen molar-refractivity contribution < 1.29 is 14.8 Å². The summed E-state index contributed by atoms with van der Waals surface area (Å²) < 4.78 is 0. The van der Waals surface area contributed by atoms with Crippen LogP contribution in [0.1, 0.15) is 10.9 Å². The van der Waals surface area contributed by atoms with E-state index in [1.807, 2.05) is 30.3 Å². The Morgan fingerprint density at radius 2 is 1.82 bits per heavy atom. The first-order valence-corrected chi connectivity index (χ1v) is 7.50. The van der Waals surface area contributed by atoms with Crippen LogP contribution in [-0.2, 0) is 4.79 Å². The minimum absolute atomic E-state index is 0.0139. The van der Waals surface area contributed by atoms with Gasteiger partial charge in [0.05, 0.1) is 16.1 Å². The summed E-state index contributed by atoms with van der Waals surface area (Å²) in [7, 11) is 0. The minimum Gasteiger partial charge on any atom is -0.481 e. The van der Waals surface area contributed by atoms with Crippen LogP contribution in [0.4, 0.5) is 11.4 Å². The summed E-state index contributed by atoms with van der Waals surface area (Å²) in [5.41, 5.74) is 1.64. The minimum atomic E-state index is -0.892. The average molecular weight is 318 g/mol. The number of hydrogen-bond donors (Lipinski definition) is 2. The van der Waals surface area contributed by atoms with Crippen LogP contribution >= 0.6 is 11.8 Å². The summed E-state index contributed by atoms with van der Waals surface area (Å²) in [5, 5.41) is 22.4. The lowest BCUT2D eigenvalue weighted by atomic mass is 10.2. The molecule has 0 aliphatic rings. The first-order chi connectivity index (χ1) is 10.6. The molecule has 0 aliphatic carbocycles. The van der Waals surface area contributed by atoms with E-state index in [2.05, 4.69) is 5.32 Å². The maximum Gasteiger partial charge on any atom is 0.313 e. The molecule has 2 N–H and O–H groups in total. The Hall–Kier alpha value is -2.54. The first-order valence-electron chi connectivity index (χ1n) is 6.45. The number of carboxylic acid groups (broad SMARTS) is 1. The van der Waals surface area contributed by atoms with Crippen molar-refractivity contribution >= 4 is 29.1 Å². The molecule has 2 aromatic carbocycles. The number of thioether (sulfide) groups is 1. The number of nitro benzene ring substituents is 1. The predicted molar refractivity (Wildman–Crippen MR) is 86.0 cm³/mol. The van der Waals surface area contributed by atoms with Crippen molar-refractivity contribution in [1.29, 1.82) is 0 Å². The third-order valence-electron chi connectivity index (χ3n) is 2.85. The van der Waals surface area contributed by atoms with Crippen LogP contribution in [0, 0.1) is 10.1 Å². The first kappa shape index (κ1) is 15.8. The molecule has 7 heteroatoms. The lowest BCUT2D eigenvalue weighted by molar-refractivity contribution is -0.384. The van der Waals surface area contributed by atoms with Gasteiger partial charge in [-0.2, -0.15) is 0 Å². The van der Waals surface area contributed by atoms with Crippen molar-refractivity contribution in [2.45, 2.75) is 5.37 Å². The van der Waals surface area contributed by atoms with Gasteiger partial charge in [-0.3, -0.25) is 14.9 Å². The Kier molecular flexibility index (Phi) is 5.37. The predicted octanol–water partition coefficient (Wildman–Crippen LogP) is 3.52. The molecule has 2 aromatic rings. The summed E-state index contributed by atoms with van der Waals surface area (Å²) >= 11 is 1.24. The SMILES string of the molecule is O=C(O)CSC(Nc1ccc([N+](=O)[O-])cc1)c1ccccc1. The molecule has 22 heavy (non-hydrogen) atoms. The number of hydrogen-bond acceptors (Lipinski definition) is 5. The van der Waals surface area contributed by atoms with E-state index in [0.29, 0.717) is 5.69 Å². The van der Waals surface area contributed by atoms with Gasteiger partial charge in [0.1, 0.15) is 0 Å². The summed E-state index contributed by atoms with van der Waals surface area (Å²) in [4.78, 5) is 21.0. The second-order valence-corrected chi connectivity index (χ2v) is 5.54. The van der Waals surface area contributed by atoms with Gasteiger partial charge in [-0.1, -0.05) is 30.3 Å². The van der Waals surface area contributed by atoms with Crippen molar-refractivity contribution in [3.05, 3.63) is 70.3 Å². The van der Waals surface area contributed by atoms with E-state index in [0.717, 1.165) is 5.56 Å². The number of non-ortho nitro benzene ring substituents is 1. The van der Waals surface area contributed by atoms with Gasteiger partial charge in [-0.15, -0.1) is 11.8 Å². The Bertz CT molecular complexity index is 646. The Morgan fingerprint density at radius 3 is 2.36 bits per heavy atom.